The summed E-state index contributed by atoms with van der Waals surface area (Å²) in [7, 11) is 0. The summed E-state index contributed by atoms with van der Waals surface area (Å²) in [5, 5.41) is 7.20. The summed E-state index contributed by atoms with van der Waals surface area (Å²) in [4.78, 5) is 29.9. The molecule has 0 aliphatic carbocycles. The number of aromatic nitrogens is 1. The van der Waals surface area contributed by atoms with E-state index in [0.717, 1.165) is 25.7 Å². The summed E-state index contributed by atoms with van der Waals surface area (Å²) in [6, 6.07) is 10.4. The highest BCUT2D eigenvalue weighted by atomic mass is 16.5. The molecule has 0 atom stereocenters. The van der Waals surface area contributed by atoms with Crippen molar-refractivity contribution in [1.29, 1.82) is 0 Å². The molecule has 8 heteroatoms. The van der Waals surface area contributed by atoms with Crippen molar-refractivity contribution in [2.75, 3.05) is 0 Å². The first-order valence-corrected chi connectivity index (χ1v) is 14.2. The quantitative estimate of drug-likeness (QED) is 0.430. The zero-order chi connectivity index (χ0) is 29.3. The third-order valence-electron chi connectivity index (χ3n) is 7.39. The Morgan fingerprint density at radius 2 is 1.12 bits per heavy atom. The van der Waals surface area contributed by atoms with E-state index in [2.05, 4.69) is 71.0 Å². The maximum absolute atomic E-state index is 12.8. The molecule has 0 amide bonds. The first-order valence-electron chi connectivity index (χ1n) is 14.2. The van der Waals surface area contributed by atoms with Gasteiger partial charge in [0.05, 0.1) is 16.8 Å². The molecule has 0 unspecified atom stereocenters. The Hall–Kier alpha value is -2.97. The maximum Gasteiger partial charge on any atom is 0.339 e. The molecule has 1 aromatic heterocycles. The van der Waals surface area contributed by atoms with Crippen molar-refractivity contribution >= 4 is 11.9 Å². The van der Waals surface area contributed by atoms with Crippen molar-refractivity contribution in [3.63, 3.8) is 0 Å². The number of hydrogen-bond acceptors (Lipinski definition) is 8. The van der Waals surface area contributed by atoms with Crippen LogP contribution in [-0.2, 0) is 16.1 Å². The van der Waals surface area contributed by atoms with Crippen molar-refractivity contribution < 1.29 is 23.8 Å². The largest absolute Gasteiger partial charge is 0.487 e. The Kier molecular flexibility index (Phi) is 8.35. The SMILES string of the molecule is CC1(C)CC(OC(=O)c2ccc(OCc3ccc(C(=O)OC4CC(C)(C)NC(C)(C)C4)cn3)cc2)CC(C)(C)N1. The number of carbonyl (C=O) groups excluding carboxylic acids is 2. The first-order chi connectivity index (χ1) is 18.5. The molecule has 0 radical (unpaired) electrons. The average Bonchev–Trinajstić information content (AvgIpc) is 2.79. The fraction of sp³-hybridized carbons (Fsp3) is 0.594. The number of rotatable bonds is 7. The lowest BCUT2D eigenvalue weighted by Gasteiger charge is -2.45. The van der Waals surface area contributed by atoms with Crippen LogP contribution >= 0.6 is 0 Å². The van der Waals surface area contributed by atoms with Gasteiger partial charge in [0, 0.05) is 54.0 Å². The lowest BCUT2D eigenvalue weighted by Crippen LogP contribution is -2.59. The van der Waals surface area contributed by atoms with Crippen LogP contribution in [0.1, 0.15) is 107 Å². The molecule has 2 aromatic rings. The molecule has 2 N–H and O–H groups in total. The minimum Gasteiger partial charge on any atom is -0.487 e. The minimum absolute atomic E-state index is 0.0988. The van der Waals surface area contributed by atoms with Gasteiger partial charge in [0.2, 0.25) is 0 Å². The Morgan fingerprint density at radius 1 is 0.700 bits per heavy atom. The van der Waals surface area contributed by atoms with Crippen LogP contribution in [0.25, 0.3) is 0 Å². The summed E-state index contributed by atoms with van der Waals surface area (Å²) in [6.07, 6.45) is 4.28. The number of pyridine rings is 1. The highest BCUT2D eigenvalue weighted by molar-refractivity contribution is 5.90. The van der Waals surface area contributed by atoms with E-state index in [0.29, 0.717) is 22.6 Å². The van der Waals surface area contributed by atoms with E-state index in [1.165, 1.54) is 6.20 Å². The normalized spacial score (nSPS) is 21.8. The monoisotopic (exact) mass is 551 g/mol. The molecule has 0 spiro atoms. The van der Waals surface area contributed by atoms with Gasteiger partial charge in [-0.2, -0.15) is 0 Å². The number of ether oxygens (including phenoxy) is 3. The molecule has 2 aliphatic rings. The number of benzene rings is 1. The molecule has 3 heterocycles. The fourth-order valence-corrected chi connectivity index (χ4v) is 6.54. The van der Waals surface area contributed by atoms with Crippen LogP contribution in [-0.4, -0.2) is 51.3 Å². The van der Waals surface area contributed by atoms with Crippen LogP contribution < -0.4 is 15.4 Å². The van der Waals surface area contributed by atoms with Crippen molar-refractivity contribution in [1.82, 2.24) is 15.6 Å². The predicted octanol–water partition coefficient (Wildman–Crippen LogP) is 5.59. The summed E-state index contributed by atoms with van der Waals surface area (Å²) in [5.41, 5.74) is 1.18. The van der Waals surface area contributed by atoms with Gasteiger partial charge >= 0.3 is 11.9 Å². The van der Waals surface area contributed by atoms with Gasteiger partial charge in [-0.3, -0.25) is 4.98 Å². The average molecular weight is 552 g/mol. The fourth-order valence-electron chi connectivity index (χ4n) is 6.54. The van der Waals surface area contributed by atoms with Crippen LogP contribution in [0.5, 0.6) is 5.75 Å². The van der Waals surface area contributed by atoms with Crippen LogP contribution in [0.2, 0.25) is 0 Å². The lowest BCUT2D eigenvalue weighted by molar-refractivity contribution is -0.00768. The number of piperidine rings is 2. The Morgan fingerprint density at radius 3 is 1.55 bits per heavy atom. The molecule has 2 fully saturated rings. The van der Waals surface area contributed by atoms with Crippen molar-refractivity contribution in [3.8, 4) is 5.75 Å². The van der Waals surface area contributed by atoms with E-state index in [1.807, 2.05) is 0 Å². The summed E-state index contributed by atoms with van der Waals surface area (Å²) in [6.45, 7) is 17.3. The van der Waals surface area contributed by atoms with Crippen molar-refractivity contribution in [3.05, 3.63) is 59.4 Å². The van der Waals surface area contributed by atoms with Crippen LogP contribution in [0, 0.1) is 0 Å². The molecule has 218 valence electrons. The second-order valence-electron chi connectivity index (χ2n) is 14.0. The molecule has 4 rings (SSSR count). The lowest BCUT2D eigenvalue weighted by atomic mass is 9.81. The molecule has 0 bridgehead atoms. The van der Waals surface area contributed by atoms with Gasteiger partial charge in [-0.05, 0) is 91.8 Å². The highest BCUT2D eigenvalue weighted by Crippen LogP contribution is 2.32. The van der Waals surface area contributed by atoms with Gasteiger partial charge in [-0.15, -0.1) is 0 Å². The molecule has 2 saturated heterocycles. The molecule has 40 heavy (non-hydrogen) atoms. The standard InChI is InChI=1S/C32H45N3O5/c1-29(2)15-25(16-30(3,4)34-29)39-27(36)21-10-13-24(14-11-21)38-20-23-12-9-22(19-33-23)28(37)40-26-17-31(5,6)35-32(7,8)18-26/h9-14,19,25-26,34-35H,15-18,20H2,1-8H3. The van der Waals surface area contributed by atoms with Crippen LogP contribution in [0.4, 0.5) is 0 Å². The Labute approximate surface area is 238 Å². The van der Waals surface area contributed by atoms with Gasteiger partial charge in [-0.25, -0.2) is 9.59 Å². The van der Waals surface area contributed by atoms with E-state index in [9.17, 15) is 9.59 Å². The van der Waals surface area contributed by atoms with Crippen molar-refractivity contribution in [2.24, 2.45) is 0 Å². The number of hydrogen-bond donors (Lipinski definition) is 2. The zero-order valence-electron chi connectivity index (χ0n) is 25.2. The van der Waals surface area contributed by atoms with Gasteiger partial charge < -0.3 is 24.8 Å². The van der Waals surface area contributed by atoms with Crippen LogP contribution in [0.3, 0.4) is 0 Å². The van der Waals surface area contributed by atoms with E-state index < -0.39 is 0 Å². The second kappa shape index (κ2) is 11.1. The predicted molar refractivity (Wildman–Crippen MR) is 154 cm³/mol. The molecule has 0 saturated carbocycles. The minimum atomic E-state index is -0.363. The molecular weight excluding hydrogens is 506 g/mol. The summed E-state index contributed by atoms with van der Waals surface area (Å²) < 4.78 is 17.5. The van der Waals surface area contributed by atoms with E-state index in [-0.39, 0.29) is 52.9 Å². The first kappa shape index (κ1) is 30.0. The molecule has 1 aromatic carbocycles. The summed E-state index contributed by atoms with van der Waals surface area (Å²) >= 11 is 0. The van der Waals surface area contributed by atoms with E-state index in [4.69, 9.17) is 14.2 Å². The second-order valence-corrected chi connectivity index (χ2v) is 14.0. The van der Waals surface area contributed by atoms with Gasteiger partial charge in [-0.1, -0.05) is 0 Å². The number of nitrogens with one attached hydrogen (secondary N) is 2. The van der Waals surface area contributed by atoms with Gasteiger partial charge in [0.25, 0.3) is 0 Å². The topological polar surface area (TPSA) is 98.8 Å². The number of carbonyl (C=O) groups is 2. The number of esters is 2. The molecule has 8 nitrogen and oxygen atoms in total. The number of nitrogens with zero attached hydrogens (tertiary/aromatic N) is 1. The van der Waals surface area contributed by atoms with E-state index in [1.54, 1.807) is 36.4 Å². The molecular formula is C32H45N3O5. The van der Waals surface area contributed by atoms with E-state index >= 15 is 0 Å². The van der Waals surface area contributed by atoms with Crippen LogP contribution in [0.15, 0.2) is 42.6 Å². The Balaban J connectivity index is 1.27. The van der Waals surface area contributed by atoms with Gasteiger partial charge in [0.1, 0.15) is 24.6 Å². The summed E-state index contributed by atoms with van der Waals surface area (Å²) in [5.74, 6) is -0.0783. The smallest absolute Gasteiger partial charge is 0.339 e. The highest BCUT2D eigenvalue weighted by Gasteiger charge is 2.40. The third kappa shape index (κ3) is 8.27. The third-order valence-corrected chi connectivity index (χ3v) is 7.39. The zero-order valence-corrected chi connectivity index (χ0v) is 25.2. The van der Waals surface area contributed by atoms with Crippen molar-refractivity contribution in [2.45, 2.75) is 122 Å². The van der Waals surface area contributed by atoms with Gasteiger partial charge in [0.15, 0.2) is 0 Å². The Bertz CT molecular complexity index is 1070. The maximum atomic E-state index is 12.8. The molecule has 2 aliphatic heterocycles.